The van der Waals surface area contributed by atoms with Crippen molar-refractivity contribution in [2.75, 3.05) is 36.0 Å². The second kappa shape index (κ2) is 5.99. The molecule has 2 aliphatic heterocycles. The molecule has 0 spiro atoms. The van der Waals surface area contributed by atoms with Crippen LogP contribution >= 0.6 is 0 Å². The van der Waals surface area contributed by atoms with Crippen LogP contribution in [0.15, 0.2) is 6.07 Å². The number of aliphatic hydroxyl groups is 1. The maximum atomic E-state index is 13.5. The molecule has 1 saturated carbocycles. The fourth-order valence-corrected chi connectivity index (χ4v) is 4.21. The van der Waals surface area contributed by atoms with Crippen LogP contribution in [0.25, 0.3) is 0 Å². The molecule has 0 aromatic carbocycles. The Balaban J connectivity index is 1.63. The van der Waals surface area contributed by atoms with Crippen molar-refractivity contribution in [2.45, 2.75) is 18.7 Å². The highest BCUT2D eigenvalue weighted by atomic mass is 19.4. The minimum absolute atomic E-state index is 0.0599. The second-order valence-corrected chi connectivity index (χ2v) is 7.39. The van der Waals surface area contributed by atoms with Crippen LogP contribution < -0.4 is 9.80 Å². The highest BCUT2D eigenvalue weighted by Gasteiger charge is 2.56. The number of aromatic nitrogens is 1. The first-order valence-corrected chi connectivity index (χ1v) is 8.61. The van der Waals surface area contributed by atoms with Crippen LogP contribution in [-0.2, 0) is 11.0 Å². The Morgan fingerprint density at radius 2 is 1.89 bits per heavy atom. The van der Waals surface area contributed by atoms with Gasteiger partial charge < -0.3 is 20.0 Å². The standard InChI is InChI=1S/C17H17F3N4O3/c18-17(19,20)13-2-14(22-16(10(13)3-21)24-4-8(25)5-24)23-6-11-9(1-15(26)27)12(11)7-23/h2,8-9,11-12,25H,1,4-7H2,(H,26,27). The first-order valence-electron chi connectivity index (χ1n) is 8.61. The molecule has 27 heavy (non-hydrogen) atoms. The molecule has 1 aliphatic carbocycles. The quantitative estimate of drug-likeness (QED) is 0.810. The number of β-amino-alcohol motifs (C(OH)–C–C–N with tert-alkyl or cyclic N) is 1. The lowest BCUT2D eigenvalue weighted by Crippen LogP contribution is -2.51. The molecule has 2 N–H and O–H groups in total. The minimum atomic E-state index is -4.70. The largest absolute Gasteiger partial charge is 0.481 e. The number of hydrogen-bond acceptors (Lipinski definition) is 6. The summed E-state index contributed by atoms with van der Waals surface area (Å²) in [5, 5.41) is 27.6. The molecule has 0 radical (unpaired) electrons. The van der Waals surface area contributed by atoms with Gasteiger partial charge in [0.25, 0.3) is 0 Å². The number of pyridine rings is 1. The molecule has 2 unspecified atom stereocenters. The van der Waals surface area contributed by atoms with Crippen LogP contribution in [0, 0.1) is 29.1 Å². The third kappa shape index (κ3) is 3.06. The van der Waals surface area contributed by atoms with E-state index in [0.717, 1.165) is 6.07 Å². The molecular weight excluding hydrogens is 365 g/mol. The van der Waals surface area contributed by atoms with Crippen molar-refractivity contribution in [3.63, 3.8) is 0 Å². The molecule has 1 aromatic rings. The molecule has 10 heteroatoms. The molecule has 144 valence electrons. The first-order chi connectivity index (χ1) is 12.7. The molecular formula is C17H17F3N4O3. The van der Waals surface area contributed by atoms with Crippen molar-refractivity contribution in [1.29, 1.82) is 5.26 Å². The molecule has 2 saturated heterocycles. The second-order valence-electron chi connectivity index (χ2n) is 7.39. The Morgan fingerprint density at radius 3 is 2.37 bits per heavy atom. The zero-order valence-electron chi connectivity index (χ0n) is 14.1. The van der Waals surface area contributed by atoms with Crippen molar-refractivity contribution < 1.29 is 28.2 Å². The summed E-state index contributed by atoms with van der Waals surface area (Å²) in [5.41, 5.74) is -1.57. The van der Waals surface area contributed by atoms with Gasteiger partial charge in [0.15, 0.2) is 0 Å². The summed E-state index contributed by atoms with van der Waals surface area (Å²) < 4.78 is 40.5. The molecule has 3 aliphatic rings. The van der Waals surface area contributed by atoms with Crippen molar-refractivity contribution in [3.8, 4) is 6.07 Å². The maximum absolute atomic E-state index is 13.5. The number of hydrogen-bond donors (Lipinski definition) is 2. The van der Waals surface area contributed by atoms with Gasteiger partial charge in [-0.3, -0.25) is 4.79 Å². The Morgan fingerprint density at radius 1 is 1.26 bits per heavy atom. The number of anilines is 2. The number of carboxylic acid groups (broad SMARTS) is 1. The van der Waals surface area contributed by atoms with E-state index >= 15 is 0 Å². The van der Waals surface area contributed by atoms with E-state index in [2.05, 4.69) is 4.98 Å². The molecule has 0 amide bonds. The highest BCUT2D eigenvalue weighted by molar-refractivity contribution is 5.68. The average molecular weight is 382 g/mol. The number of halogens is 3. The topological polar surface area (TPSA) is 101 Å². The maximum Gasteiger partial charge on any atom is 0.417 e. The number of carboxylic acids is 1. The van der Waals surface area contributed by atoms with Crippen LogP contribution in [0.4, 0.5) is 24.8 Å². The molecule has 3 fully saturated rings. The molecule has 2 atom stereocenters. The Labute approximate surface area is 152 Å². The monoisotopic (exact) mass is 382 g/mol. The minimum Gasteiger partial charge on any atom is -0.481 e. The summed E-state index contributed by atoms with van der Waals surface area (Å²) in [5.74, 6) is -0.404. The zero-order valence-corrected chi connectivity index (χ0v) is 14.1. The lowest BCUT2D eigenvalue weighted by Gasteiger charge is -2.38. The van der Waals surface area contributed by atoms with Gasteiger partial charge in [0.2, 0.25) is 0 Å². The van der Waals surface area contributed by atoms with Gasteiger partial charge in [0.1, 0.15) is 23.3 Å². The third-order valence-electron chi connectivity index (χ3n) is 5.67. The summed E-state index contributed by atoms with van der Waals surface area (Å²) in [6.07, 6.45) is -5.27. The number of piperidine rings is 1. The SMILES string of the molecule is N#Cc1c(C(F)(F)F)cc(N2CC3C(CC(=O)O)C3C2)nc1N1CC(O)C1. The van der Waals surface area contributed by atoms with Crippen molar-refractivity contribution in [1.82, 2.24) is 4.98 Å². The van der Waals surface area contributed by atoms with Gasteiger partial charge in [-0.25, -0.2) is 4.98 Å². The van der Waals surface area contributed by atoms with E-state index in [1.54, 1.807) is 11.0 Å². The van der Waals surface area contributed by atoms with Crippen LogP contribution in [-0.4, -0.2) is 53.4 Å². The number of rotatable bonds is 4. The normalized spacial score (nSPS) is 27.1. The zero-order chi connectivity index (χ0) is 19.5. The third-order valence-corrected chi connectivity index (χ3v) is 5.67. The number of alkyl halides is 3. The first kappa shape index (κ1) is 17.9. The number of aliphatic carboxylic acids is 1. The fraction of sp³-hybridized carbons (Fsp3) is 0.588. The number of nitriles is 1. The Kier molecular flexibility index (Phi) is 3.96. The van der Waals surface area contributed by atoms with Gasteiger partial charge in [-0.15, -0.1) is 0 Å². The van der Waals surface area contributed by atoms with E-state index in [0.29, 0.717) is 13.1 Å². The number of carbonyl (C=O) groups is 1. The molecule has 3 heterocycles. The Bertz CT molecular complexity index is 820. The lowest BCUT2D eigenvalue weighted by atomic mass is 10.1. The molecule has 4 rings (SSSR count). The smallest absolute Gasteiger partial charge is 0.417 e. The molecule has 7 nitrogen and oxygen atoms in total. The number of fused-ring (bicyclic) bond motifs is 1. The fourth-order valence-electron chi connectivity index (χ4n) is 4.21. The summed E-state index contributed by atoms with van der Waals surface area (Å²) in [7, 11) is 0. The Hall–Kier alpha value is -2.54. The average Bonchev–Trinajstić information content (AvgIpc) is 3.00. The van der Waals surface area contributed by atoms with E-state index in [4.69, 9.17) is 5.11 Å². The highest BCUT2D eigenvalue weighted by Crippen LogP contribution is 2.54. The summed E-state index contributed by atoms with van der Waals surface area (Å²) >= 11 is 0. The van der Waals surface area contributed by atoms with Gasteiger partial charge in [-0.05, 0) is 23.8 Å². The van der Waals surface area contributed by atoms with E-state index in [1.165, 1.54) is 4.90 Å². The van der Waals surface area contributed by atoms with Crippen molar-refractivity contribution in [2.24, 2.45) is 17.8 Å². The molecule has 0 bridgehead atoms. The van der Waals surface area contributed by atoms with Crippen molar-refractivity contribution in [3.05, 3.63) is 17.2 Å². The predicted molar refractivity (Wildman–Crippen MR) is 87.1 cm³/mol. The summed E-state index contributed by atoms with van der Waals surface area (Å²) in [6.45, 7) is 1.19. The van der Waals surface area contributed by atoms with Gasteiger partial charge >= 0.3 is 12.1 Å². The van der Waals surface area contributed by atoms with E-state index in [-0.39, 0.29) is 48.9 Å². The van der Waals surface area contributed by atoms with E-state index in [1.807, 2.05) is 0 Å². The number of aliphatic hydroxyl groups excluding tert-OH is 1. The van der Waals surface area contributed by atoms with Gasteiger partial charge in [0, 0.05) is 32.6 Å². The predicted octanol–water partition coefficient (Wildman–Crippen LogP) is 1.31. The molecule has 1 aromatic heterocycles. The number of nitrogens with zero attached hydrogens (tertiary/aromatic N) is 4. The van der Waals surface area contributed by atoms with Crippen LogP contribution in [0.2, 0.25) is 0 Å². The van der Waals surface area contributed by atoms with Gasteiger partial charge in [-0.1, -0.05) is 0 Å². The summed E-state index contributed by atoms with van der Waals surface area (Å²) in [4.78, 5) is 18.3. The van der Waals surface area contributed by atoms with E-state index < -0.39 is 29.4 Å². The van der Waals surface area contributed by atoms with E-state index in [9.17, 15) is 28.3 Å². The van der Waals surface area contributed by atoms with Gasteiger partial charge in [0.05, 0.1) is 11.7 Å². The van der Waals surface area contributed by atoms with Crippen LogP contribution in [0.1, 0.15) is 17.5 Å². The van der Waals surface area contributed by atoms with Crippen LogP contribution in [0.3, 0.4) is 0 Å². The van der Waals surface area contributed by atoms with Crippen LogP contribution in [0.5, 0.6) is 0 Å². The summed E-state index contributed by atoms with van der Waals surface area (Å²) in [6, 6.07) is 2.51. The van der Waals surface area contributed by atoms with Gasteiger partial charge in [-0.2, -0.15) is 18.4 Å². The lowest BCUT2D eigenvalue weighted by molar-refractivity contribution is -0.138. The van der Waals surface area contributed by atoms with Crippen molar-refractivity contribution >= 4 is 17.6 Å².